The van der Waals surface area contributed by atoms with Crippen molar-refractivity contribution >= 4 is 40.5 Å². The fraction of sp³-hybridized carbons (Fsp3) is 0.417. The average molecular weight is 296 g/mol. The van der Waals surface area contributed by atoms with Crippen LogP contribution in [-0.4, -0.2) is 28.0 Å². The summed E-state index contributed by atoms with van der Waals surface area (Å²) in [5.41, 5.74) is 0.969. The van der Waals surface area contributed by atoms with Crippen molar-refractivity contribution in [1.29, 1.82) is 0 Å². The first-order valence-electron chi connectivity index (χ1n) is 6.27. The molecule has 100 valence electrons. The molecule has 2 aromatic heterocycles. The first-order chi connectivity index (χ1) is 9.31. The van der Waals surface area contributed by atoms with E-state index in [4.69, 9.17) is 11.6 Å². The predicted octanol–water partition coefficient (Wildman–Crippen LogP) is 3.32. The van der Waals surface area contributed by atoms with Gasteiger partial charge in [0.05, 0.1) is 5.69 Å². The highest BCUT2D eigenvalue weighted by Crippen LogP contribution is 2.21. The molecule has 1 fully saturated rings. The van der Waals surface area contributed by atoms with E-state index >= 15 is 0 Å². The first kappa shape index (κ1) is 12.6. The quantitative estimate of drug-likeness (QED) is 0.941. The van der Waals surface area contributed by atoms with Crippen LogP contribution in [0, 0.1) is 0 Å². The maximum absolute atomic E-state index is 5.98. The summed E-state index contributed by atoms with van der Waals surface area (Å²) in [7, 11) is 0. The molecule has 0 spiro atoms. The van der Waals surface area contributed by atoms with Gasteiger partial charge < -0.3 is 10.2 Å². The van der Waals surface area contributed by atoms with Gasteiger partial charge in [-0.15, -0.1) is 0 Å². The van der Waals surface area contributed by atoms with Gasteiger partial charge in [-0.25, -0.2) is 0 Å². The van der Waals surface area contributed by atoms with E-state index in [1.54, 1.807) is 11.3 Å². The molecule has 0 aliphatic carbocycles. The van der Waals surface area contributed by atoms with Gasteiger partial charge >= 0.3 is 0 Å². The van der Waals surface area contributed by atoms with E-state index in [0.717, 1.165) is 18.8 Å². The Morgan fingerprint density at radius 1 is 1.16 bits per heavy atom. The molecule has 5 nitrogen and oxygen atoms in total. The standard InChI is InChI=1S/C12H14ClN5S/c13-10-15-11(14-9-4-7-19-8-9)17-12(16-10)18-5-2-1-3-6-18/h4,7-8H,1-3,5-6H2,(H,14,15,16,17). The van der Waals surface area contributed by atoms with Crippen LogP contribution in [0.5, 0.6) is 0 Å². The number of aromatic nitrogens is 3. The molecule has 0 saturated carbocycles. The minimum atomic E-state index is 0.230. The van der Waals surface area contributed by atoms with Gasteiger partial charge in [-0.3, -0.25) is 0 Å². The normalized spacial score (nSPS) is 15.5. The topological polar surface area (TPSA) is 53.9 Å². The van der Waals surface area contributed by atoms with E-state index in [2.05, 4.69) is 25.2 Å². The Bertz CT molecular complexity index is 539. The largest absolute Gasteiger partial charge is 0.341 e. The Hall–Kier alpha value is -1.40. The summed E-state index contributed by atoms with van der Waals surface area (Å²) in [6.45, 7) is 1.97. The van der Waals surface area contributed by atoms with E-state index in [-0.39, 0.29) is 5.28 Å². The van der Waals surface area contributed by atoms with Crippen LogP contribution in [0.15, 0.2) is 16.8 Å². The van der Waals surface area contributed by atoms with Gasteiger partial charge in [-0.2, -0.15) is 26.3 Å². The molecule has 1 aliphatic heterocycles. The van der Waals surface area contributed by atoms with Gasteiger partial charge in [-0.1, -0.05) is 0 Å². The van der Waals surface area contributed by atoms with Crippen LogP contribution in [0.2, 0.25) is 5.28 Å². The number of rotatable bonds is 3. The van der Waals surface area contributed by atoms with Crippen LogP contribution in [0.1, 0.15) is 19.3 Å². The van der Waals surface area contributed by atoms with Crippen molar-refractivity contribution in [3.63, 3.8) is 0 Å². The van der Waals surface area contributed by atoms with Gasteiger partial charge in [0.15, 0.2) is 0 Å². The van der Waals surface area contributed by atoms with Crippen molar-refractivity contribution in [3.05, 3.63) is 22.1 Å². The maximum atomic E-state index is 5.98. The third kappa shape index (κ3) is 3.13. The fourth-order valence-corrected chi connectivity index (χ4v) is 2.84. The highest BCUT2D eigenvalue weighted by atomic mass is 35.5. The number of anilines is 3. The van der Waals surface area contributed by atoms with Crippen molar-refractivity contribution < 1.29 is 0 Å². The van der Waals surface area contributed by atoms with Gasteiger partial charge in [0.1, 0.15) is 0 Å². The maximum Gasteiger partial charge on any atom is 0.233 e. The van der Waals surface area contributed by atoms with Crippen molar-refractivity contribution in [2.24, 2.45) is 0 Å². The van der Waals surface area contributed by atoms with Gasteiger partial charge in [0.25, 0.3) is 0 Å². The van der Waals surface area contributed by atoms with Crippen LogP contribution in [0.4, 0.5) is 17.6 Å². The molecule has 0 bridgehead atoms. The number of hydrogen-bond donors (Lipinski definition) is 1. The minimum Gasteiger partial charge on any atom is -0.341 e. The zero-order valence-electron chi connectivity index (χ0n) is 10.3. The molecule has 19 heavy (non-hydrogen) atoms. The highest BCUT2D eigenvalue weighted by molar-refractivity contribution is 7.08. The molecule has 3 rings (SSSR count). The molecule has 0 atom stereocenters. The second-order valence-electron chi connectivity index (χ2n) is 4.41. The summed E-state index contributed by atoms with van der Waals surface area (Å²) in [6.07, 6.45) is 3.63. The second-order valence-corrected chi connectivity index (χ2v) is 5.53. The molecule has 7 heteroatoms. The Labute approximate surface area is 120 Å². The lowest BCUT2D eigenvalue weighted by molar-refractivity contribution is 0.567. The van der Waals surface area contributed by atoms with Crippen LogP contribution in [0.3, 0.4) is 0 Å². The first-order valence-corrected chi connectivity index (χ1v) is 7.59. The summed E-state index contributed by atoms with van der Waals surface area (Å²) < 4.78 is 0. The molecular weight excluding hydrogens is 282 g/mol. The monoisotopic (exact) mass is 295 g/mol. The molecule has 1 saturated heterocycles. The van der Waals surface area contributed by atoms with Gasteiger partial charge in [-0.05, 0) is 42.3 Å². The van der Waals surface area contributed by atoms with Crippen molar-refractivity contribution in [2.75, 3.05) is 23.3 Å². The van der Waals surface area contributed by atoms with E-state index in [9.17, 15) is 0 Å². The lowest BCUT2D eigenvalue weighted by atomic mass is 10.1. The smallest absolute Gasteiger partial charge is 0.233 e. The third-order valence-electron chi connectivity index (χ3n) is 3.01. The molecule has 0 aromatic carbocycles. The minimum absolute atomic E-state index is 0.230. The lowest BCUT2D eigenvalue weighted by Crippen LogP contribution is -2.31. The van der Waals surface area contributed by atoms with Crippen LogP contribution >= 0.6 is 22.9 Å². The Morgan fingerprint density at radius 2 is 2.00 bits per heavy atom. The Kier molecular flexibility index (Phi) is 3.79. The number of nitrogens with zero attached hydrogens (tertiary/aromatic N) is 4. The fourth-order valence-electron chi connectivity index (χ4n) is 2.10. The van der Waals surface area contributed by atoms with Crippen molar-refractivity contribution in [2.45, 2.75) is 19.3 Å². The Morgan fingerprint density at radius 3 is 2.74 bits per heavy atom. The lowest BCUT2D eigenvalue weighted by Gasteiger charge is -2.26. The highest BCUT2D eigenvalue weighted by Gasteiger charge is 2.15. The summed E-state index contributed by atoms with van der Waals surface area (Å²) in [6, 6.07) is 1.98. The Balaban J connectivity index is 1.82. The molecular formula is C12H14ClN5S. The van der Waals surface area contributed by atoms with Crippen LogP contribution in [0.25, 0.3) is 0 Å². The number of nitrogens with one attached hydrogen (secondary N) is 1. The number of halogens is 1. The van der Waals surface area contributed by atoms with E-state index < -0.39 is 0 Å². The number of hydrogen-bond acceptors (Lipinski definition) is 6. The average Bonchev–Trinajstić information content (AvgIpc) is 2.92. The predicted molar refractivity (Wildman–Crippen MR) is 78.5 cm³/mol. The molecule has 0 radical (unpaired) electrons. The zero-order valence-corrected chi connectivity index (χ0v) is 11.9. The molecule has 0 unspecified atom stereocenters. The van der Waals surface area contributed by atoms with Crippen LogP contribution in [-0.2, 0) is 0 Å². The van der Waals surface area contributed by atoms with E-state index in [1.807, 2.05) is 16.8 Å². The van der Waals surface area contributed by atoms with Gasteiger partial charge in [0, 0.05) is 18.5 Å². The molecule has 2 aromatic rings. The van der Waals surface area contributed by atoms with Crippen molar-refractivity contribution in [1.82, 2.24) is 15.0 Å². The van der Waals surface area contributed by atoms with Gasteiger partial charge in [0.2, 0.25) is 17.2 Å². The molecule has 3 heterocycles. The molecule has 1 N–H and O–H groups in total. The van der Waals surface area contributed by atoms with E-state index in [1.165, 1.54) is 19.3 Å². The summed E-state index contributed by atoms with van der Waals surface area (Å²) in [5, 5.41) is 7.37. The summed E-state index contributed by atoms with van der Waals surface area (Å²) in [4.78, 5) is 14.9. The summed E-state index contributed by atoms with van der Waals surface area (Å²) >= 11 is 7.60. The SMILES string of the molecule is Clc1nc(Nc2ccsc2)nc(N2CCCCC2)n1. The third-order valence-corrected chi connectivity index (χ3v) is 3.86. The summed E-state index contributed by atoms with van der Waals surface area (Å²) in [5.74, 6) is 1.16. The number of thiophene rings is 1. The van der Waals surface area contributed by atoms with Crippen molar-refractivity contribution in [3.8, 4) is 0 Å². The number of piperidine rings is 1. The molecule has 0 amide bonds. The second kappa shape index (κ2) is 5.71. The molecule has 1 aliphatic rings. The van der Waals surface area contributed by atoms with E-state index in [0.29, 0.717) is 11.9 Å². The zero-order chi connectivity index (χ0) is 13.1. The van der Waals surface area contributed by atoms with Crippen LogP contribution < -0.4 is 10.2 Å².